The molecule has 0 aliphatic rings. The number of nitriles is 1. The summed E-state index contributed by atoms with van der Waals surface area (Å²) in [6.07, 6.45) is 0. The molecular weight excluding hydrogens is 370 g/mol. The van der Waals surface area contributed by atoms with E-state index in [1.54, 1.807) is 0 Å². The number of hydrogen-bond acceptors (Lipinski definition) is 5. The summed E-state index contributed by atoms with van der Waals surface area (Å²) < 4.78 is 38.9. The Labute approximate surface area is 152 Å². The minimum Gasteiger partial charge on any atom is -0.493 e. The first-order valence-electron chi connectivity index (χ1n) is 7.18. The highest BCUT2D eigenvalue weighted by molar-refractivity contribution is 6.32. The van der Waals surface area contributed by atoms with Crippen molar-refractivity contribution in [3.63, 3.8) is 0 Å². The van der Waals surface area contributed by atoms with Crippen molar-refractivity contribution in [1.29, 1.82) is 5.26 Å². The Morgan fingerprint density at radius 2 is 2.00 bits per heavy atom. The fourth-order valence-corrected chi connectivity index (χ4v) is 2.24. The number of ether oxygens (including phenoxy) is 3. The zero-order valence-electron chi connectivity index (χ0n) is 13.5. The van der Waals surface area contributed by atoms with Gasteiger partial charge >= 0.3 is 6.61 Å². The van der Waals surface area contributed by atoms with Gasteiger partial charge in [-0.15, -0.1) is 0 Å². The average molecular weight is 383 g/mol. The van der Waals surface area contributed by atoms with E-state index in [0.29, 0.717) is 5.69 Å². The number of carbonyl (C=O) groups is 1. The topological polar surface area (TPSA) is 80.6 Å². The molecular formula is C17H13ClF2N2O4. The van der Waals surface area contributed by atoms with E-state index < -0.39 is 12.5 Å². The molecule has 1 N–H and O–H groups in total. The van der Waals surface area contributed by atoms with Gasteiger partial charge < -0.3 is 19.5 Å². The van der Waals surface area contributed by atoms with Gasteiger partial charge in [-0.2, -0.15) is 14.0 Å². The van der Waals surface area contributed by atoms with Gasteiger partial charge in [-0.25, -0.2) is 0 Å². The van der Waals surface area contributed by atoms with E-state index in [0.717, 1.165) is 0 Å². The van der Waals surface area contributed by atoms with Crippen LogP contribution in [-0.2, 0) is 4.79 Å². The lowest BCUT2D eigenvalue weighted by atomic mass is 10.2. The van der Waals surface area contributed by atoms with Crippen LogP contribution in [0.1, 0.15) is 5.56 Å². The maximum Gasteiger partial charge on any atom is 0.387 e. The quantitative estimate of drug-likeness (QED) is 0.787. The lowest BCUT2D eigenvalue weighted by Gasteiger charge is -2.13. The third-order valence-corrected chi connectivity index (χ3v) is 3.35. The summed E-state index contributed by atoms with van der Waals surface area (Å²) in [5.74, 6) is -0.183. The molecule has 0 aromatic heterocycles. The maximum absolute atomic E-state index is 12.1. The molecule has 0 saturated carbocycles. The smallest absolute Gasteiger partial charge is 0.387 e. The van der Waals surface area contributed by atoms with Crippen molar-refractivity contribution in [1.82, 2.24) is 0 Å². The summed E-state index contributed by atoms with van der Waals surface area (Å²) in [6.45, 7) is -3.30. The lowest BCUT2D eigenvalue weighted by molar-refractivity contribution is -0.118. The van der Waals surface area contributed by atoms with E-state index in [1.165, 1.54) is 43.5 Å². The van der Waals surface area contributed by atoms with Crippen molar-refractivity contribution in [2.75, 3.05) is 19.0 Å². The summed E-state index contributed by atoms with van der Waals surface area (Å²) >= 11 is 6.03. The van der Waals surface area contributed by atoms with Crippen LogP contribution in [0, 0.1) is 11.3 Å². The lowest BCUT2D eigenvalue weighted by Crippen LogP contribution is -2.20. The second-order valence-electron chi connectivity index (χ2n) is 4.84. The zero-order chi connectivity index (χ0) is 19.1. The number of alkyl halides is 2. The standard InChI is InChI=1S/C17H13ClF2N2O4/c1-24-14-7-10(8-21)6-13(18)16(14)25-9-15(23)22-11-2-4-12(5-3-11)26-17(19)20/h2-7,17H,9H2,1H3,(H,22,23). The van der Waals surface area contributed by atoms with Gasteiger partial charge in [0.15, 0.2) is 18.1 Å². The van der Waals surface area contributed by atoms with Gasteiger partial charge in [-0.05, 0) is 30.3 Å². The second kappa shape index (κ2) is 8.87. The summed E-state index contributed by atoms with van der Waals surface area (Å²) in [5.41, 5.74) is 0.660. The third kappa shape index (κ3) is 5.22. The molecule has 136 valence electrons. The second-order valence-corrected chi connectivity index (χ2v) is 5.25. The Bertz CT molecular complexity index is 823. The summed E-state index contributed by atoms with van der Waals surface area (Å²) in [4.78, 5) is 12.0. The summed E-state index contributed by atoms with van der Waals surface area (Å²) in [5, 5.41) is 11.6. The van der Waals surface area contributed by atoms with E-state index >= 15 is 0 Å². The molecule has 0 spiro atoms. The van der Waals surface area contributed by atoms with Crippen molar-refractivity contribution in [3.8, 4) is 23.3 Å². The minimum absolute atomic E-state index is 0.0247. The Morgan fingerprint density at radius 1 is 1.31 bits per heavy atom. The Morgan fingerprint density at radius 3 is 2.58 bits per heavy atom. The van der Waals surface area contributed by atoms with Crippen molar-refractivity contribution < 1.29 is 27.8 Å². The molecule has 0 unspecified atom stereocenters. The Hall–Kier alpha value is -3.05. The zero-order valence-corrected chi connectivity index (χ0v) is 14.2. The number of nitrogens with one attached hydrogen (secondary N) is 1. The monoisotopic (exact) mass is 382 g/mol. The summed E-state index contributed by atoms with van der Waals surface area (Å²) in [6, 6.07) is 10.2. The molecule has 0 fully saturated rings. The van der Waals surface area contributed by atoms with Gasteiger partial charge in [0.1, 0.15) is 5.75 Å². The number of amides is 1. The van der Waals surface area contributed by atoms with Crippen LogP contribution in [0.3, 0.4) is 0 Å². The predicted molar refractivity (Wildman–Crippen MR) is 89.9 cm³/mol. The third-order valence-electron chi connectivity index (χ3n) is 3.07. The van der Waals surface area contributed by atoms with E-state index in [1.807, 2.05) is 6.07 Å². The number of halogens is 3. The minimum atomic E-state index is -2.92. The van der Waals surface area contributed by atoms with Crippen LogP contribution >= 0.6 is 11.6 Å². The fourth-order valence-electron chi connectivity index (χ4n) is 1.98. The molecule has 0 radical (unpaired) electrons. The molecule has 0 saturated heterocycles. The van der Waals surface area contributed by atoms with Crippen molar-refractivity contribution in [2.45, 2.75) is 6.61 Å². The SMILES string of the molecule is COc1cc(C#N)cc(Cl)c1OCC(=O)Nc1ccc(OC(F)F)cc1. The highest BCUT2D eigenvalue weighted by Gasteiger charge is 2.14. The number of anilines is 1. The van der Waals surface area contributed by atoms with Gasteiger partial charge in [0, 0.05) is 11.8 Å². The predicted octanol–water partition coefficient (Wildman–Crippen LogP) is 3.84. The number of benzene rings is 2. The van der Waals surface area contributed by atoms with Gasteiger partial charge in [0.2, 0.25) is 0 Å². The van der Waals surface area contributed by atoms with E-state index in [9.17, 15) is 13.6 Å². The highest BCUT2D eigenvalue weighted by Crippen LogP contribution is 2.36. The van der Waals surface area contributed by atoms with Crippen molar-refractivity contribution in [2.24, 2.45) is 0 Å². The van der Waals surface area contributed by atoms with Crippen LogP contribution in [0.5, 0.6) is 17.2 Å². The van der Waals surface area contributed by atoms with Crippen molar-refractivity contribution in [3.05, 3.63) is 47.0 Å². The molecule has 1 amide bonds. The molecule has 2 aromatic carbocycles. The number of nitrogens with zero attached hydrogens (tertiary/aromatic N) is 1. The number of hydrogen-bond donors (Lipinski definition) is 1. The normalized spacial score (nSPS) is 10.2. The first-order valence-corrected chi connectivity index (χ1v) is 7.56. The molecule has 26 heavy (non-hydrogen) atoms. The molecule has 0 heterocycles. The average Bonchev–Trinajstić information content (AvgIpc) is 2.61. The van der Waals surface area contributed by atoms with Gasteiger partial charge in [0.05, 0.1) is 23.8 Å². The van der Waals surface area contributed by atoms with Crippen LogP contribution in [0.4, 0.5) is 14.5 Å². The van der Waals surface area contributed by atoms with Gasteiger partial charge in [0.25, 0.3) is 5.91 Å². The fraction of sp³-hybridized carbons (Fsp3) is 0.176. The highest BCUT2D eigenvalue weighted by atomic mass is 35.5. The van der Waals surface area contributed by atoms with Crippen LogP contribution in [0.15, 0.2) is 36.4 Å². The Kier molecular flexibility index (Phi) is 6.58. The van der Waals surface area contributed by atoms with Gasteiger partial charge in [-0.1, -0.05) is 11.6 Å². The first-order chi connectivity index (χ1) is 12.4. The largest absolute Gasteiger partial charge is 0.493 e. The number of carbonyl (C=O) groups excluding carboxylic acids is 1. The molecule has 9 heteroatoms. The first kappa shape index (κ1) is 19.3. The summed E-state index contributed by atoms with van der Waals surface area (Å²) in [7, 11) is 1.38. The molecule has 0 aliphatic heterocycles. The van der Waals surface area contributed by atoms with Crippen LogP contribution in [0.25, 0.3) is 0 Å². The molecule has 2 aromatic rings. The van der Waals surface area contributed by atoms with Crippen LogP contribution in [-0.4, -0.2) is 26.2 Å². The molecule has 2 rings (SSSR count). The molecule has 6 nitrogen and oxygen atoms in total. The van der Waals surface area contributed by atoms with Crippen LogP contribution in [0.2, 0.25) is 5.02 Å². The van der Waals surface area contributed by atoms with E-state index in [2.05, 4.69) is 10.1 Å². The van der Waals surface area contributed by atoms with Gasteiger partial charge in [-0.3, -0.25) is 4.79 Å². The van der Waals surface area contributed by atoms with E-state index in [-0.39, 0.29) is 34.4 Å². The molecule has 0 bridgehead atoms. The molecule has 0 aliphatic carbocycles. The van der Waals surface area contributed by atoms with E-state index in [4.69, 9.17) is 26.3 Å². The van der Waals surface area contributed by atoms with Crippen LogP contribution < -0.4 is 19.5 Å². The maximum atomic E-state index is 12.1. The number of rotatable bonds is 7. The molecule has 0 atom stereocenters. The number of methoxy groups -OCH3 is 1. The Balaban J connectivity index is 1.98. The van der Waals surface area contributed by atoms with Crippen molar-refractivity contribution >= 4 is 23.2 Å².